The molecule has 2 fully saturated rings. The Labute approximate surface area is 146 Å². The highest BCUT2D eigenvalue weighted by Gasteiger charge is 2.26. The predicted octanol–water partition coefficient (Wildman–Crippen LogP) is 2.10. The monoisotopic (exact) mass is 347 g/mol. The van der Waals surface area contributed by atoms with Gasteiger partial charge in [0.2, 0.25) is 10.1 Å². The van der Waals surface area contributed by atoms with Gasteiger partial charge in [0.05, 0.1) is 0 Å². The van der Waals surface area contributed by atoms with Crippen LogP contribution >= 0.6 is 11.3 Å². The molecule has 2 aliphatic rings. The molecule has 0 aliphatic carbocycles. The summed E-state index contributed by atoms with van der Waals surface area (Å²) >= 11 is 1.52. The van der Waals surface area contributed by atoms with E-state index in [4.69, 9.17) is 0 Å². The van der Waals surface area contributed by atoms with Gasteiger partial charge in [-0.1, -0.05) is 18.3 Å². The van der Waals surface area contributed by atoms with Gasteiger partial charge in [-0.3, -0.25) is 4.79 Å². The summed E-state index contributed by atoms with van der Waals surface area (Å²) < 4.78 is 1.43. The smallest absolute Gasteiger partial charge is 0.275 e. The maximum atomic E-state index is 11.9. The summed E-state index contributed by atoms with van der Waals surface area (Å²) in [6, 6.07) is 1.47. The van der Waals surface area contributed by atoms with Crippen molar-refractivity contribution in [2.45, 2.75) is 32.6 Å². The van der Waals surface area contributed by atoms with Crippen molar-refractivity contribution in [3.63, 3.8) is 0 Å². The van der Waals surface area contributed by atoms with Crippen LogP contribution in [-0.4, -0.2) is 52.2 Å². The average molecular weight is 347 g/mol. The lowest BCUT2D eigenvalue weighted by molar-refractivity contribution is 0.159. The Bertz CT molecular complexity index is 749. The largest absolute Gasteiger partial charge is 0.346 e. The van der Waals surface area contributed by atoms with E-state index in [0.29, 0.717) is 10.9 Å². The van der Waals surface area contributed by atoms with Gasteiger partial charge in [0.25, 0.3) is 5.56 Å². The zero-order valence-corrected chi connectivity index (χ0v) is 15.0. The quantitative estimate of drug-likeness (QED) is 0.851. The molecule has 4 heterocycles. The Kier molecular flexibility index (Phi) is 4.54. The van der Waals surface area contributed by atoms with Crippen molar-refractivity contribution >= 4 is 21.4 Å². The molecule has 2 aliphatic heterocycles. The molecular weight excluding hydrogens is 322 g/mol. The summed E-state index contributed by atoms with van der Waals surface area (Å²) in [5.41, 5.74) is -0.0986. The first-order valence-electron chi connectivity index (χ1n) is 9.01. The van der Waals surface area contributed by atoms with Crippen LogP contribution in [0.25, 0.3) is 4.96 Å². The molecule has 4 rings (SSSR count). The Morgan fingerprint density at radius 3 is 2.88 bits per heavy atom. The topological polar surface area (TPSA) is 53.7 Å². The van der Waals surface area contributed by atoms with Crippen molar-refractivity contribution in [1.29, 1.82) is 0 Å². The van der Waals surface area contributed by atoms with E-state index in [0.717, 1.165) is 24.1 Å². The molecule has 7 heteroatoms. The van der Waals surface area contributed by atoms with Gasteiger partial charge in [-0.2, -0.15) is 4.52 Å². The van der Waals surface area contributed by atoms with Gasteiger partial charge in [-0.25, -0.2) is 4.98 Å². The minimum Gasteiger partial charge on any atom is -0.346 e. The van der Waals surface area contributed by atoms with Crippen molar-refractivity contribution in [2.75, 3.05) is 37.6 Å². The van der Waals surface area contributed by atoms with Gasteiger partial charge in [0, 0.05) is 31.9 Å². The molecule has 0 spiro atoms. The van der Waals surface area contributed by atoms with E-state index in [9.17, 15) is 4.79 Å². The minimum atomic E-state index is -0.0986. The second-order valence-corrected chi connectivity index (χ2v) is 8.23. The number of anilines is 1. The molecule has 1 unspecified atom stereocenters. The minimum absolute atomic E-state index is 0.0986. The van der Waals surface area contributed by atoms with Gasteiger partial charge in [-0.15, -0.1) is 5.10 Å². The third-order valence-corrected chi connectivity index (χ3v) is 6.33. The van der Waals surface area contributed by atoms with Crippen LogP contribution in [0, 0.1) is 11.8 Å². The zero-order chi connectivity index (χ0) is 16.5. The van der Waals surface area contributed by atoms with Crippen LogP contribution in [0.15, 0.2) is 17.1 Å². The molecule has 130 valence electrons. The number of rotatable bonds is 3. The summed E-state index contributed by atoms with van der Waals surface area (Å²) in [7, 11) is 0. The van der Waals surface area contributed by atoms with Gasteiger partial charge < -0.3 is 9.80 Å². The Morgan fingerprint density at radius 2 is 2.08 bits per heavy atom. The maximum Gasteiger partial charge on any atom is 0.275 e. The number of piperidine rings is 2. The SMILES string of the molecule is CC1CCN(CC2CCCN(c3nn4c(=O)ccnc4s3)C2)CC1. The average Bonchev–Trinajstić information content (AvgIpc) is 3.03. The van der Waals surface area contributed by atoms with Crippen molar-refractivity contribution in [1.82, 2.24) is 19.5 Å². The number of fused-ring (bicyclic) bond motifs is 1. The maximum absolute atomic E-state index is 11.9. The molecule has 24 heavy (non-hydrogen) atoms. The molecular formula is C17H25N5OS. The number of likely N-dealkylation sites (tertiary alicyclic amines) is 1. The van der Waals surface area contributed by atoms with Crippen LogP contribution in [-0.2, 0) is 0 Å². The van der Waals surface area contributed by atoms with Crippen molar-refractivity contribution in [2.24, 2.45) is 11.8 Å². The normalized spacial score (nSPS) is 23.9. The van der Waals surface area contributed by atoms with Gasteiger partial charge >= 0.3 is 0 Å². The fraction of sp³-hybridized carbons (Fsp3) is 0.706. The zero-order valence-electron chi connectivity index (χ0n) is 14.2. The first-order valence-corrected chi connectivity index (χ1v) is 9.83. The highest BCUT2D eigenvalue weighted by Crippen LogP contribution is 2.27. The molecule has 0 aromatic carbocycles. The van der Waals surface area contributed by atoms with E-state index in [1.807, 2.05) is 0 Å². The van der Waals surface area contributed by atoms with Crippen LogP contribution in [0.1, 0.15) is 32.6 Å². The van der Waals surface area contributed by atoms with Crippen molar-refractivity contribution < 1.29 is 0 Å². The van der Waals surface area contributed by atoms with Crippen molar-refractivity contribution in [3.05, 3.63) is 22.6 Å². The first kappa shape index (κ1) is 16.0. The highest BCUT2D eigenvalue weighted by atomic mass is 32.1. The van der Waals surface area contributed by atoms with Crippen LogP contribution in [0.4, 0.5) is 5.13 Å². The van der Waals surface area contributed by atoms with Gasteiger partial charge in [-0.05, 0) is 50.6 Å². The van der Waals surface area contributed by atoms with Gasteiger partial charge in [0.15, 0.2) is 0 Å². The lowest BCUT2D eigenvalue weighted by Crippen LogP contribution is -2.43. The van der Waals surface area contributed by atoms with E-state index in [-0.39, 0.29) is 5.56 Å². The molecule has 1 atom stereocenters. The first-order chi connectivity index (χ1) is 11.7. The molecule has 0 saturated carbocycles. The lowest BCUT2D eigenvalue weighted by Gasteiger charge is -2.37. The van der Waals surface area contributed by atoms with Crippen LogP contribution in [0.3, 0.4) is 0 Å². The molecule has 6 nitrogen and oxygen atoms in total. The fourth-order valence-electron chi connectivity index (χ4n) is 3.86. The summed E-state index contributed by atoms with van der Waals surface area (Å²) in [6.07, 6.45) is 6.74. The fourth-order valence-corrected chi connectivity index (χ4v) is 4.77. The summed E-state index contributed by atoms with van der Waals surface area (Å²) in [5.74, 6) is 1.58. The molecule has 0 bridgehead atoms. The Morgan fingerprint density at radius 1 is 1.25 bits per heavy atom. The molecule has 0 radical (unpaired) electrons. The molecule has 2 aromatic rings. The Hall–Kier alpha value is -1.47. The number of hydrogen-bond acceptors (Lipinski definition) is 6. The second kappa shape index (κ2) is 6.80. The third-order valence-electron chi connectivity index (χ3n) is 5.34. The standard InChI is InChI=1S/C17H25N5OS/c1-13-5-9-20(10-6-13)11-14-3-2-8-21(12-14)17-19-22-15(23)4-7-18-16(22)24-17/h4,7,13-14H,2-3,5-6,8-12H2,1H3. The number of nitrogens with zero attached hydrogens (tertiary/aromatic N) is 5. The van der Waals surface area contributed by atoms with Crippen molar-refractivity contribution in [3.8, 4) is 0 Å². The lowest BCUT2D eigenvalue weighted by atomic mass is 9.94. The second-order valence-electron chi connectivity index (χ2n) is 7.30. The molecule has 0 amide bonds. The van der Waals surface area contributed by atoms with E-state index < -0.39 is 0 Å². The Balaban J connectivity index is 1.44. The number of aromatic nitrogens is 3. The van der Waals surface area contributed by atoms with Crippen LogP contribution in [0.5, 0.6) is 0 Å². The van der Waals surface area contributed by atoms with Gasteiger partial charge in [0.1, 0.15) is 0 Å². The summed E-state index contributed by atoms with van der Waals surface area (Å²) in [6.45, 7) is 8.13. The van der Waals surface area contributed by atoms with E-state index in [1.165, 1.54) is 67.2 Å². The highest BCUT2D eigenvalue weighted by molar-refractivity contribution is 7.20. The third kappa shape index (κ3) is 3.32. The van der Waals surface area contributed by atoms with E-state index in [1.54, 1.807) is 6.20 Å². The number of hydrogen-bond donors (Lipinski definition) is 0. The van der Waals surface area contributed by atoms with E-state index in [2.05, 4.69) is 26.8 Å². The van der Waals surface area contributed by atoms with Crippen LogP contribution in [0.2, 0.25) is 0 Å². The molecule has 2 aromatic heterocycles. The van der Waals surface area contributed by atoms with E-state index >= 15 is 0 Å². The summed E-state index contributed by atoms with van der Waals surface area (Å²) in [5, 5.41) is 5.43. The van der Waals surface area contributed by atoms with Crippen LogP contribution < -0.4 is 10.5 Å². The molecule has 2 saturated heterocycles. The molecule has 0 N–H and O–H groups in total. The predicted molar refractivity (Wildman–Crippen MR) is 96.9 cm³/mol. The summed E-state index contributed by atoms with van der Waals surface area (Å²) in [4.78, 5) is 21.8.